The SMILES string of the molecule is CCC(CC)(CNc1nc(Cl)nc(NC)n1)SC. The summed E-state index contributed by atoms with van der Waals surface area (Å²) in [4.78, 5) is 12.2. The molecule has 1 heterocycles. The Kier molecular flexibility index (Phi) is 5.95. The zero-order valence-electron chi connectivity index (χ0n) is 11.2. The van der Waals surface area contributed by atoms with Crippen LogP contribution in [0, 0.1) is 0 Å². The summed E-state index contributed by atoms with van der Waals surface area (Å²) in [6.07, 6.45) is 4.32. The lowest BCUT2D eigenvalue weighted by Gasteiger charge is -2.29. The molecule has 18 heavy (non-hydrogen) atoms. The summed E-state index contributed by atoms with van der Waals surface area (Å²) < 4.78 is 0.207. The minimum atomic E-state index is 0.194. The third kappa shape index (κ3) is 3.88. The first-order chi connectivity index (χ1) is 8.59. The van der Waals surface area contributed by atoms with E-state index in [1.54, 1.807) is 7.05 Å². The fourth-order valence-corrected chi connectivity index (χ4v) is 2.60. The average Bonchev–Trinajstić information content (AvgIpc) is 2.40. The average molecular weight is 290 g/mol. The number of anilines is 2. The third-order valence-corrected chi connectivity index (χ3v) is 4.88. The fraction of sp³-hybridized carbons (Fsp3) is 0.727. The second-order valence-corrected chi connectivity index (χ2v) is 5.56. The molecule has 0 aromatic carbocycles. The van der Waals surface area contributed by atoms with Crippen LogP contribution in [0.5, 0.6) is 0 Å². The predicted molar refractivity (Wildman–Crippen MR) is 79.7 cm³/mol. The zero-order chi connectivity index (χ0) is 13.6. The van der Waals surface area contributed by atoms with E-state index in [0.717, 1.165) is 19.4 Å². The predicted octanol–water partition coefficient (Wildman–Crippen LogP) is 2.90. The van der Waals surface area contributed by atoms with Gasteiger partial charge in [-0.2, -0.15) is 26.7 Å². The van der Waals surface area contributed by atoms with Crippen molar-refractivity contribution < 1.29 is 0 Å². The molecule has 7 heteroatoms. The van der Waals surface area contributed by atoms with Crippen molar-refractivity contribution in [1.82, 2.24) is 15.0 Å². The molecule has 0 saturated carbocycles. The van der Waals surface area contributed by atoms with Gasteiger partial charge in [0.05, 0.1) is 0 Å². The number of thioether (sulfide) groups is 1. The highest BCUT2D eigenvalue weighted by Gasteiger charge is 2.24. The van der Waals surface area contributed by atoms with Gasteiger partial charge in [0.15, 0.2) is 0 Å². The highest BCUT2D eigenvalue weighted by molar-refractivity contribution is 8.00. The molecular weight excluding hydrogens is 270 g/mol. The molecule has 102 valence electrons. The summed E-state index contributed by atoms with van der Waals surface area (Å²) in [5.41, 5.74) is 0. The molecule has 2 N–H and O–H groups in total. The summed E-state index contributed by atoms with van der Waals surface area (Å²) in [5, 5.41) is 6.30. The maximum absolute atomic E-state index is 5.83. The summed E-state index contributed by atoms with van der Waals surface area (Å²) in [6, 6.07) is 0. The van der Waals surface area contributed by atoms with Crippen molar-refractivity contribution >= 4 is 35.3 Å². The number of nitrogens with one attached hydrogen (secondary N) is 2. The van der Waals surface area contributed by atoms with Crippen LogP contribution in [0.2, 0.25) is 5.28 Å². The lowest BCUT2D eigenvalue weighted by Crippen LogP contribution is -2.32. The summed E-state index contributed by atoms with van der Waals surface area (Å²) in [6.45, 7) is 5.20. The Labute approximate surface area is 118 Å². The van der Waals surface area contributed by atoms with Crippen LogP contribution < -0.4 is 10.6 Å². The van der Waals surface area contributed by atoms with Gasteiger partial charge in [-0.25, -0.2) is 0 Å². The normalized spacial score (nSPS) is 11.4. The third-order valence-electron chi connectivity index (χ3n) is 3.12. The van der Waals surface area contributed by atoms with Gasteiger partial charge in [-0.05, 0) is 30.7 Å². The van der Waals surface area contributed by atoms with E-state index in [1.165, 1.54) is 0 Å². The molecule has 0 fully saturated rings. The number of hydrogen-bond acceptors (Lipinski definition) is 6. The van der Waals surface area contributed by atoms with Crippen LogP contribution in [0.4, 0.5) is 11.9 Å². The molecule has 0 unspecified atom stereocenters. The molecule has 1 rings (SSSR count). The van der Waals surface area contributed by atoms with Crippen molar-refractivity contribution in [2.75, 3.05) is 30.5 Å². The number of nitrogens with zero attached hydrogens (tertiary/aromatic N) is 3. The van der Waals surface area contributed by atoms with Gasteiger partial charge in [0.1, 0.15) is 0 Å². The first-order valence-electron chi connectivity index (χ1n) is 5.97. The summed E-state index contributed by atoms with van der Waals surface area (Å²) in [5.74, 6) is 0.986. The van der Waals surface area contributed by atoms with E-state index in [9.17, 15) is 0 Å². The van der Waals surface area contributed by atoms with E-state index in [2.05, 4.69) is 45.7 Å². The summed E-state index contributed by atoms with van der Waals surface area (Å²) >= 11 is 7.70. The standard InChI is InChI=1S/C11H20ClN5S/c1-5-11(6-2,18-4)7-14-10-16-8(12)15-9(13-3)17-10/h5-7H2,1-4H3,(H2,13,14,15,16,17). The second-order valence-electron chi connectivity index (χ2n) is 3.95. The lowest BCUT2D eigenvalue weighted by atomic mass is 10.0. The molecule has 0 bridgehead atoms. The molecule has 5 nitrogen and oxygen atoms in total. The Morgan fingerprint density at radius 1 is 1.17 bits per heavy atom. The van der Waals surface area contributed by atoms with Crippen LogP contribution in [-0.2, 0) is 0 Å². The molecular formula is C11H20ClN5S. The first-order valence-corrected chi connectivity index (χ1v) is 7.57. The van der Waals surface area contributed by atoms with Gasteiger partial charge >= 0.3 is 0 Å². The molecule has 0 spiro atoms. The van der Waals surface area contributed by atoms with Crippen molar-refractivity contribution in [1.29, 1.82) is 0 Å². The lowest BCUT2D eigenvalue weighted by molar-refractivity contribution is 0.573. The van der Waals surface area contributed by atoms with Gasteiger partial charge in [-0.1, -0.05) is 13.8 Å². The van der Waals surface area contributed by atoms with Gasteiger partial charge in [-0.15, -0.1) is 0 Å². The van der Waals surface area contributed by atoms with Crippen molar-refractivity contribution in [3.8, 4) is 0 Å². The van der Waals surface area contributed by atoms with Crippen molar-refractivity contribution in [3.05, 3.63) is 5.28 Å². The molecule has 1 aromatic heterocycles. The molecule has 1 aromatic rings. The number of halogens is 1. The smallest absolute Gasteiger partial charge is 0.228 e. The van der Waals surface area contributed by atoms with Crippen LogP contribution in [0.15, 0.2) is 0 Å². The Balaban J connectivity index is 2.76. The Morgan fingerprint density at radius 2 is 1.78 bits per heavy atom. The monoisotopic (exact) mass is 289 g/mol. The van der Waals surface area contributed by atoms with Crippen LogP contribution in [0.3, 0.4) is 0 Å². The highest BCUT2D eigenvalue weighted by atomic mass is 35.5. The van der Waals surface area contributed by atoms with Crippen LogP contribution in [0.25, 0.3) is 0 Å². The maximum Gasteiger partial charge on any atom is 0.228 e. The molecule has 0 aliphatic rings. The maximum atomic E-state index is 5.83. The number of hydrogen-bond donors (Lipinski definition) is 2. The van der Waals surface area contributed by atoms with E-state index in [0.29, 0.717) is 11.9 Å². The van der Waals surface area contributed by atoms with E-state index in [4.69, 9.17) is 11.6 Å². The first kappa shape index (κ1) is 15.3. The second kappa shape index (κ2) is 6.99. The van der Waals surface area contributed by atoms with Gasteiger partial charge < -0.3 is 10.6 Å². The minimum Gasteiger partial charge on any atom is -0.357 e. The quantitative estimate of drug-likeness (QED) is 0.805. The van der Waals surface area contributed by atoms with Gasteiger partial charge in [0, 0.05) is 18.3 Å². The van der Waals surface area contributed by atoms with E-state index < -0.39 is 0 Å². The van der Waals surface area contributed by atoms with Crippen LogP contribution in [-0.4, -0.2) is 39.5 Å². The van der Waals surface area contributed by atoms with E-state index in [-0.39, 0.29) is 10.0 Å². The Morgan fingerprint density at radius 3 is 2.28 bits per heavy atom. The van der Waals surface area contributed by atoms with Crippen LogP contribution >= 0.6 is 23.4 Å². The van der Waals surface area contributed by atoms with Gasteiger partial charge in [0.25, 0.3) is 0 Å². The fourth-order valence-electron chi connectivity index (χ4n) is 1.64. The number of rotatable bonds is 7. The van der Waals surface area contributed by atoms with Crippen LogP contribution in [0.1, 0.15) is 26.7 Å². The summed E-state index contributed by atoms with van der Waals surface area (Å²) in [7, 11) is 1.75. The highest BCUT2D eigenvalue weighted by Crippen LogP contribution is 2.30. The molecule has 0 aliphatic heterocycles. The molecule has 0 atom stereocenters. The van der Waals surface area contributed by atoms with E-state index >= 15 is 0 Å². The van der Waals surface area contributed by atoms with Crippen molar-refractivity contribution in [3.63, 3.8) is 0 Å². The Bertz CT molecular complexity index is 375. The van der Waals surface area contributed by atoms with Crippen molar-refractivity contribution in [2.24, 2.45) is 0 Å². The van der Waals surface area contributed by atoms with Gasteiger partial charge in [-0.3, -0.25) is 0 Å². The molecule has 0 saturated heterocycles. The Hall–Kier alpha value is -0.750. The topological polar surface area (TPSA) is 62.7 Å². The minimum absolute atomic E-state index is 0.194. The zero-order valence-corrected chi connectivity index (χ0v) is 12.8. The molecule has 0 amide bonds. The van der Waals surface area contributed by atoms with Crippen molar-refractivity contribution in [2.45, 2.75) is 31.4 Å². The van der Waals surface area contributed by atoms with E-state index in [1.807, 2.05) is 11.8 Å². The number of aromatic nitrogens is 3. The largest absolute Gasteiger partial charge is 0.357 e. The van der Waals surface area contributed by atoms with Gasteiger partial charge in [0.2, 0.25) is 17.2 Å². The molecule has 0 aliphatic carbocycles. The molecule has 0 radical (unpaired) electrons.